The van der Waals surface area contributed by atoms with Gasteiger partial charge in [0.1, 0.15) is 5.82 Å². The maximum absolute atomic E-state index is 13.8. The second-order valence-corrected chi connectivity index (χ2v) is 6.26. The molecule has 0 aromatic heterocycles. The highest BCUT2D eigenvalue weighted by Crippen LogP contribution is 2.21. The lowest BCUT2D eigenvalue weighted by Crippen LogP contribution is -2.49. The molecule has 5 heteroatoms. The fraction of sp³-hybridized carbons (Fsp3) is 0.647. The van der Waals surface area contributed by atoms with Crippen LogP contribution in [0.15, 0.2) is 24.3 Å². The van der Waals surface area contributed by atoms with Gasteiger partial charge in [0.2, 0.25) is 0 Å². The molecule has 0 spiro atoms. The van der Waals surface area contributed by atoms with Gasteiger partial charge in [0.25, 0.3) is 0 Å². The molecule has 122 valence electrons. The van der Waals surface area contributed by atoms with Crippen molar-refractivity contribution in [1.29, 1.82) is 0 Å². The minimum atomic E-state index is -0.330. The summed E-state index contributed by atoms with van der Waals surface area (Å²) in [6, 6.07) is 6.93. The smallest absolute Gasteiger partial charge is 0.146 e. The summed E-state index contributed by atoms with van der Waals surface area (Å²) >= 11 is 0. The lowest BCUT2D eigenvalue weighted by molar-refractivity contribution is 0.0355. The first-order valence-corrected chi connectivity index (χ1v) is 8.24. The van der Waals surface area contributed by atoms with Crippen molar-refractivity contribution in [1.82, 2.24) is 4.90 Å². The largest absolute Gasteiger partial charge is 0.392 e. The summed E-state index contributed by atoms with van der Waals surface area (Å²) in [5, 5.41) is 10.2. The summed E-state index contributed by atoms with van der Waals surface area (Å²) in [5.41, 5.74) is 0.682. The molecule has 0 radical (unpaired) electrons. The van der Waals surface area contributed by atoms with Gasteiger partial charge in [-0.3, -0.25) is 4.90 Å². The Labute approximate surface area is 131 Å². The minimum Gasteiger partial charge on any atom is -0.392 e. The van der Waals surface area contributed by atoms with Crippen molar-refractivity contribution in [2.75, 3.05) is 44.2 Å². The zero-order valence-electron chi connectivity index (χ0n) is 13.0. The van der Waals surface area contributed by atoms with Crippen LogP contribution in [0.4, 0.5) is 10.1 Å². The molecule has 2 saturated heterocycles. The van der Waals surface area contributed by atoms with Crippen LogP contribution >= 0.6 is 0 Å². The zero-order chi connectivity index (χ0) is 15.4. The van der Waals surface area contributed by atoms with Crippen LogP contribution in [0.25, 0.3) is 0 Å². The van der Waals surface area contributed by atoms with E-state index in [0.717, 1.165) is 52.0 Å². The van der Waals surface area contributed by atoms with E-state index in [9.17, 15) is 9.50 Å². The summed E-state index contributed by atoms with van der Waals surface area (Å²) in [6.07, 6.45) is 2.81. The fourth-order valence-electron chi connectivity index (χ4n) is 3.39. The van der Waals surface area contributed by atoms with Crippen LogP contribution in [0.5, 0.6) is 0 Å². The average Bonchev–Trinajstić information content (AvgIpc) is 3.01. The standard InChI is InChI=1S/C17H25FN2O2/c18-16-5-1-2-6-17(16)20-9-7-19(8-10-20)13-14(21)12-15-4-3-11-22-15/h1-2,5-6,14-15,21H,3-4,7-13H2. The number of rotatable bonds is 5. The van der Waals surface area contributed by atoms with Gasteiger partial charge in [0, 0.05) is 45.8 Å². The number of benzene rings is 1. The van der Waals surface area contributed by atoms with E-state index in [1.54, 1.807) is 6.07 Å². The first-order chi connectivity index (χ1) is 10.7. The molecule has 2 fully saturated rings. The normalized spacial score (nSPS) is 24.6. The number of ether oxygens (including phenoxy) is 1. The quantitative estimate of drug-likeness (QED) is 0.901. The zero-order valence-corrected chi connectivity index (χ0v) is 13.0. The highest BCUT2D eigenvalue weighted by molar-refractivity contribution is 5.47. The molecule has 2 aliphatic heterocycles. The molecule has 1 N–H and O–H groups in total. The number of β-amino-alcohol motifs (C(OH)–C–C–N with tert-alkyl or cyclic N) is 1. The van der Waals surface area contributed by atoms with Gasteiger partial charge < -0.3 is 14.7 Å². The number of hydrogen-bond donors (Lipinski definition) is 1. The topological polar surface area (TPSA) is 35.9 Å². The van der Waals surface area contributed by atoms with Crippen LogP contribution in [-0.2, 0) is 4.74 Å². The molecule has 1 aromatic carbocycles. The first kappa shape index (κ1) is 15.7. The Balaban J connectivity index is 1.44. The predicted octanol–water partition coefficient (Wildman–Crippen LogP) is 1.88. The van der Waals surface area contributed by atoms with E-state index in [0.29, 0.717) is 12.2 Å². The Morgan fingerprint density at radius 3 is 2.68 bits per heavy atom. The van der Waals surface area contributed by atoms with Gasteiger partial charge in [-0.15, -0.1) is 0 Å². The summed E-state index contributed by atoms with van der Waals surface area (Å²) < 4.78 is 19.4. The van der Waals surface area contributed by atoms with Crippen LogP contribution in [0.2, 0.25) is 0 Å². The SMILES string of the molecule is OC(CC1CCCO1)CN1CCN(c2ccccc2F)CC1. The number of para-hydroxylation sites is 1. The maximum atomic E-state index is 13.8. The Hall–Kier alpha value is -1.17. The molecular weight excluding hydrogens is 283 g/mol. The first-order valence-electron chi connectivity index (χ1n) is 8.24. The molecule has 2 heterocycles. The third kappa shape index (κ3) is 3.97. The fourth-order valence-corrected chi connectivity index (χ4v) is 3.39. The molecule has 4 nitrogen and oxygen atoms in total. The molecule has 2 atom stereocenters. The van der Waals surface area contributed by atoms with Crippen LogP contribution in [0.1, 0.15) is 19.3 Å². The van der Waals surface area contributed by atoms with Crippen LogP contribution in [0.3, 0.4) is 0 Å². The monoisotopic (exact) mass is 308 g/mol. The summed E-state index contributed by atoms with van der Waals surface area (Å²) in [7, 11) is 0. The molecule has 0 saturated carbocycles. The van der Waals surface area contributed by atoms with Gasteiger partial charge in [-0.05, 0) is 25.0 Å². The number of anilines is 1. The van der Waals surface area contributed by atoms with Crippen molar-refractivity contribution in [2.45, 2.75) is 31.5 Å². The van der Waals surface area contributed by atoms with Gasteiger partial charge in [0.05, 0.1) is 17.9 Å². The van der Waals surface area contributed by atoms with E-state index in [1.807, 2.05) is 12.1 Å². The van der Waals surface area contributed by atoms with E-state index in [1.165, 1.54) is 6.07 Å². The second kappa shape index (κ2) is 7.40. The van der Waals surface area contributed by atoms with E-state index in [-0.39, 0.29) is 18.0 Å². The number of hydrogen-bond acceptors (Lipinski definition) is 4. The van der Waals surface area contributed by atoms with Crippen molar-refractivity contribution in [3.8, 4) is 0 Å². The van der Waals surface area contributed by atoms with Crippen molar-refractivity contribution in [3.05, 3.63) is 30.1 Å². The van der Waals surface area contributed by atoms with E-state index in [2.05, 4.69) is 9.80 Å². The maximum Gasteiger partial charge on any atom is 0.146 e. The third-order valence-corrected chi connectivity index (χ3v) is 4.59. The highest BCUT2D eigenvalue weighted by Gasteiger charge is 2.24. The Kier molecular flexibility index (Phi) is 5.28. The van der Waals surface area contributed by atoms with Crippen LogP contribution in [0, 0.1) is 5.82 Å². The Morgan fingerprint density at radius 1 is 1.23 bits per heavy atom. The van der Waals surface area contributed by atoms with Crippen molar-refractivity contribution in [2.24, 2.45) is 0 Å². The second-order valence-electron chi connectivity index (χ2n) is 6.26. The molecule has 1 aromatic rings. The average molecular weight is 308 g/mol. The molecule has 3 rings (SSSR count). The highest BCUT2D eigenvalue weighted by atomic mass is 19.1. The third-order valence-electron chi connectivity index (χ3n) is 4.59. The van der Waals surface area contributed by atoms with E-state index >= 15 is 0 Å². The van der Waals surface area contributed by atoms with Crippen molar-refractivity contribution >= 4 is 5.69 Å². The van der Waals surface area contributed by atoms with Gasteiger partial charge in [0.15, 0.2) is 0 Å². The molecule has 0 bridgehead atoms. The Bertz CT molecular complexity index is 471. The van der Waals surface area contributed by atoms with Gasteiger partial charge in [-0.2, -0.15) is 0 Å². The van der Waals surface area contributed by atoms with Gasteiger partial charge in [-0.25, -0.2) is 4.39 Å². The van der Waals surface area contributed by atoms with E-state index < -0.39 is 0 Å². The van der Waals surface area contributed by atoms with Crippen LogP contribution in [-0.4, -0.2) is 61.5 Å². The molecule has 0 aliphatic carbocycles. The summed E-state index contributed by atoms with van der Waals surface area (Å²) in [5.74, 6) is -0.158. The van der Waals surface area contributed by atoms with Crippen molar-refractivity contribution < 1.29 is 14.2 Å². The minimum absolute atomic E-state index is 0.158. The number of nitrogens with zero attached hydrogens (tertiary/aromatic N) is 2. The van der Waals surface area contributed by atoms with Gasteiger partial charge in [-0.1, -0.05) is 12.1 Å². The number of piperazine rings is 1. The number of halogens is 1. The molecule has 2 aliphatic rings. The van der Waals surface area contributed by atoms with Gasteiger partial charge >= 0.3 is 0 Å². The molecule has 0 amide bonds. The summed E-state index contributed by atoms with van der Waals surface area (Å²) in [4.78, 5) is 4.34. The number of aliphatic hydroxyl groups is 1. The lowest BCUT2D eigenvalue weighted by atomic mass is 10.1. The Morgan fingerprint density at radius 2 is 2.00 bits per heavy atom. The molecule has 2 unspecified atom stereocenters. The molecular formula is C17H25FN2O2. The van der Waals surface area contributed by atoms with Crippen molar-refractivity contribution in [3.63, 3.8) is 0 Å². The van der Waals surface area contributed by atoms with E-state index in [4.69, 9.17) is 4.74 Å². The lowest BCUT2D eigenvalue weighted by Gasteiger charge is -2.37. The number of aliphatic hydroxyl groups excluding tert-OH is 1. The predicted molar refractivity (Wildman–Crippen MR) is 84.7 cm³/mol. The summed E-state index contributed by atoms with van der Waals surface area (Å²) in [6.45, 7) is 4.83. The van der Waals surface area contributed by atoms with Crippen LogP contribution < -0.4 is 4.90 Å². The molecule has 22 heavy (non-hydrogen) atoms.